The van der Waals surface area contributed by atoms with Crippen molar-refractivity contribution < 1.29 is 19.1 Å². The predicted octanol–water partition coefficient (Wildman–Crippen LogP) is 8.14. The standard InChI is InChI=1S/C34H54O4/c1-21(20-37-22(2)35)24-12-15-31(6)18-19-33(8)25(29(24)31)10-11-27-32(7)16-14-28(38-23(3)36)30(4,5)26(32)13-17-34(27,33)9/h24-29H,1,10-20H2,2-9H3/t24-,25+,26-,27+,28-,29+,31+,32-,33+,34+/m0/s1. The van der Waals surface area contributed by atoms with Crippen LogP contribution in [0.25, 0.3) is 0 Å². The molecular weight excluding hydrogens is 472 g/mol. The molecule has 0 radical (unpaired) electrons. The molecule has 0 unspecified atom stereocenters. The van der Waals surface area contributed by atoms with E-state index in [9.17, 15) is 9.59 Å². The molecule has 5 aliphatic carbocycles. The molecule has 0 aromatic heterocycles. The van der Waals surface area contributed by atoms with Crippen molar-refractivity contribution in [3.05, 3.63) is 12.2 Å². The third-order valence-electron chi connectivity index (χ3n) is 14.1. The lowest BCUT2D eigenvalue weighted by molar-refractivity contribution is -0.249. The van der Waals surface area contributed by atoms with Gasteiger partial charge in [0.25, 0.3) is 0 Å². The van der Waals surface area contributed by atoms with Crippen molar-refractivity contribution in [2.45, 2.75) is 126 Å². The number of hydrogen-bond acceptors (Lipinski definition) is 4. The monoisotopic (exact) mass is 526 g/mol. The van der Waals surface area contributed by atoms with Gasteiger partial charge in [-0.05, 0) is 121 Å². The number of esters is 2. The molecule has 0 spiro atoms. The van der Waals surface area contributed by atoms with Crippen molar-refractivity contribution in [3.63, 3.8) is 0 Å². The number of carbonyl (C=O) groups excluding carboxylic acids is 2. The van der Waals surface area contributed by atoms with Gasteiger partial charge in [-0.2, -0.15) is 0 Å². The fraction of sp³-hybridized carbons (Fsp3) is 0.882. The summed E-state index contributed by atoms with van der Waals surface area (Å²) in [7, 11) is 0. The summed E-state index contributed by atoms with van der Waals surface area (Å²) in [4.78, 5) is 23.5. The van der Waals surface area contributed by atoms with Gasteiger partial charge in [0.2, 0.25) is 0 Å². The first-order chi connectivity index (χ1) is 17.6. The Morgan fingerprint density at radius 3 is 2.13 bits per heavy atom. The molecular formula is C34H54O4. The summed E-state index contributed by atoms with van der Waals surface area (Å²) in [5.41, 5.74) is 2.45. The minimum atomic E-state index is -0.204. The van der Waals surface area contributed by atoms with Crippen LogP contribution < -0.4 is 0 Å². The van der Waals surface area contributed by atoms with E-state index in [0.29, 0.717) is 52.4 Å². The second kappa shape index (κ2) is 9.10. The van der Waals surface area contributed by atoms with Gasteiger partial charge in [0.05, 0.1) is 0 Å². The molecule has 0 N–H and O–H groups in total. The van der Waals surface area contributed by atoms with E-state index in [-0.39, 0.29) is 28.9 Å². The highest BCUT2D eigenvalue weighted by Crippen LogP contribution is 2.77. The Morgan fingerprint density at radius 1 is 0.763 bits per heavy atom. The molecule has 5 saturated carbocycles. The zero-order valence-corrected chi connectivity index (χ0v) is 25.6. The quantitative estimate of drug-likeness (QED) is 0.274. The van der Waals surface area contributed by atoms with Crippen LogP contribution in [0.1, 0.15) is 120 Å². The van der Waals surface area contributed by atoms with Crippen molar-refractivity contribution in [1.82, 2.24) is 0 Å². The molecule has 0 bridgehead atoms. The average Bonchev–Trinajstić information content (AvgIpc) is 3.17. The molecule has 10 atom stereocenters. The number of fused-ring (bicyclic) bond motifs is 7. The zero-order valence-electron chi connectivity index (χ0n) is 25.6. The molecule has 0 saturated heterocycles. The summed E-state index contributed by atoms with van der Waals surface area (Å²) in [5.74, 6) is 2.77. The number of rotatable bonds is 4. The van der Waals surface area contributed by atoms with Crippen LogP contribution in [0.3, 0.4) is 0 Å². The maximum absolute atomic E-state index is 11.9. The summed E-state index contributed by atoms with van der Waals surface area (Å²) in [5, 5.41) is 0. The first-order valence-corrected chi connectivity index (χ1v) is 15.6. The van der Waals surface area contributed by atoms with E-state index in [0.717, 1.165) is 12.0 Å². The topological polar surface area (TPSA) is 52.6 Å². The highest BCUT2D eigenvalue weighted by molar-refractivity contribution is 5.66. The van der Waals surface area contributed by atoms with Crippen molar-refractivity contribution in [2.75, 3.05) is 6.61 Å². The Kier molecular flexibility index (Phi) is 6.76. The lowest BCUT2D eigenvalue weighted by Crippen LogP contribution is -2.66. The Hall–Kier alpha value is -1.32. The fourth-order valence-corrected chi connectivity index (χ4v) is 12.1. The molecule has 5 fully saturated rings. The molecule has 5 rings (SSSR count). The predicted molar refractivity (Wildman–Crippen MR) is 151 cm³/mol. The van der Waals surface area contributed by atoms with E-state index in [1.807, 2.05) is 0 Å². The van der Waals surface area contributed by atoms with Crippen LogP contribution in [0, 0.1) is 56.7 Å². The van der Waals surface area contributed by atoms with Crippen LogP contribution in [-0.4, -0.2) is 24.6 Å². The third-order valence-corrected chi connectivity index (χ3v) is 14.1. The normalized spacial score (nSPS) is 49.1. The van der Waals surface area contributed by atoms with E-state index in [1.165, 1.54) is 64.7 Å². The van der Waals surface area contributed by atoms with E-state index in [1.54, 1.807) is 6.92 Å². The molecule has 5 aliphatic rings. The van der Waals surface area contributed by atoms with Crippen LogP contribution in [0.15, 0.2) is 12.2 Å². The van der Waals surface area contributed by atoms with Crippen LogP contribution >= 0.6 is 0 Å². The van der Waals surface area contributed by atoms with Crippen molar-refractivity contribution >= 4 is 11.9 Å². The first-order valence-electron chi connectivity index (χ1n) is 15.6. The lowest BCUT2D eigenvalue weighted by atomic mass is 9.32. The molecule has 0 amide bonds. The van der Waals surface area contributed by atoms with Crippen molar-refractivity contribution in [1.29, 1.82) is 0 Å². The molecule has 0 aliphatic heterocycles. The van der Waals surface area contributed by atoms with Gasteiger partial charge in [0.15, 0.2) is 0 Å². The van der Waals surface area contributed by atoms with Gasteiger partial charge in [-0.3, -0.25) is 9.59 Å². The number of carbonyl (C=O) groups is 2. The first kappa shape index (κ1) is 28.2. The maximum atomic E-state index is 11.9. The second-order valence-corrected chi connectivity index (χ2v) is 15.9. The molecule has 38 heavy (non-hydrogen) atoms. The Bertz CT molecular complexity index is 998. The van der Waals surface area contributed by atoms with Gasteiger partial charge in [-0.1, -0.05) is 48.1 Å². The minimum Gasteiger partial charge on any atom is -0.462 e. The summed E-state index contributed by atoms with van der Waals surface area (Å²) >= 11 is 0. The Morgan fingerprint density at radius 2 is 1.47 bits per heavy atom. The van der Waals surface area contributed by atoms with Crippen LogP contribution in [0.4, 0.5) is 0 Å². The van der Waals surface area contributed by atoms with Gasteiger partial charge in [-0.25, -0.2) is 0 Å². The Balaban J connectivity index is 1.45. The number of ether oxygens (including phenoxy) is 2. The molecule has 4 nitrogen and oxygen atoms in total. The molecule has 4 heteroatoms. The van der Waals surface area contributed by atoms with E-state index in [2.05, 4.69) is 48.1 Å². The highest BCUT2D eigenvalue weighted by Gasteiger charge is 2.70. The zero-order chi connectivity index (χ0) is 27.9. The van der Waals surface area contributed by atoms with Crippen LogP contribution in [0.5, 0.6) is 0 Å². The molecule has 0 aromatic carbocycles. The smallest absolute Gasteiger partial charge is 0.302 e. The fourth-order valence-electron chi connectivity index (χ4n) is 12.1. The molecule has 214 valence electrons. The highest BCUT2D eigenvalue weighted by atomic mass is 16.5. The average molecular weight is 527 g/mol. The van der Waals surface area contributed by atoms with Gasteiger partial charge in [0.1, 0.15) is 12.7 Å². The Labute approximate surface area is 232 Å². The minimum absolute atomic E-state index is 0.00783. The third kappa shape index (κ3) is 3.88. The molecule has 0 heterocycles. The molecule has 0 aromatic rings. The summed E-state index contributed by atoms with van der Waals surface area (Å²) in [6, 6.07) is 0. The lowest BCUT2D eigenvalue weighted by Gasteiger charge is -2.73. The van der Waals surface area contributed by atoms with Crippen LogP contribution in [-0.2, 0) is 19.1 Å². The van der Waals surface area contributed by atoms with Gasteiger partial charge in [-0.15, -0.1) is 0 Å². The summed E-state index contributed by atoms with van der Waals surface area (Å²) < 4.78 is 11.4. The van der Waals surface area contributed by atoms with Gasteiger partial charge in [0, 0.05) is 19.3 Å². The van der Waals surface area contributed by atoms with Crippen molar-refractivity contribution in [3.8, 4) is 0 Å². The summed E-state index contributed by atoms with van der Waals surface area (Å²) in [6.07, 6.45) is 12.5. The number of hydrogen-bond donors (Lipinski definition) is 0. The van der Waals surface area contributed by atoms with Crippen molar-refractivity contribution in [2.24, 2.45) is 56.7 Å². The summed E-state index contributed by atoms with van der Waals surface area (Å²) in [6.45, 7) is 23.2. The van der Waals surface area contributed by atoms with E-state index < -0.39 is 0 Å². The van der Waals surface area contributed by atoms with E-state index in [4.69, 9.17) is 9.47 Å². The second-order valence-electron chi connectivity index (χ2n) is 15.9. The largest absolute Gasteiger partial charge is 0.462 e. The SMILES string of the molecule is C=C(COC(C)=O)[C@@H]1CC[C@]2(C)CC[C@]3(C)[C@H](CC[C@@H]4[C@@]5(C)CC[C@H](OC(C)=O)C(C)(C)[C@@H]5CC[C@]43C)[C@@H]12. The van der Waals surface area contributed by atoms with Crippen LogP contribution in [0.2, 0.25) is 0 Å². The van der Waals surface area contributed by atoms with E-state index >= 15 is 0 Å². The van der Waals surface area contributed by atoms with Gasteiger partial charge >= 0.3 is 11.9 Å². The maximum Gasteiger partial charge on any atom is 0.302 e. The van der Waals surface area contributed by atoms with Gasteiger partial charge < -0.3 is 9.47 Å².